The third-order valence-electron chi connectivity index (χ3n) is 1.72. The highest BCUT2D eigenvalue weighted by Gasteiger charge is 2.02. The van der Waals surface area contributed by atoms with Crippen LogP contribution in [-0.2, 0) is 6.42 Å². The van der Waals surface area contributed by atoms with Crippen LogP contribution in [0.15, 0.2) is 14.3 Å². The number of hydrogen-bond donors (Lipinski definition) is 0. The molecule has 0 saturated carbocycles. The van der Waals surface area contributed by atoms with Gasteiger partial charge in [-0.3, -0.25) is 0 Å². The van der Waals surface area contributed by atoms with Gasteiger partial charge in [-0.25, -0.2) is 0 Å². The molecular formula is C9H12Br2S. The minimum absolute atomic E-state index is 1.19. The first-order chi connectivity index (χ1) is 5.74. The predicted octanol–water partition coefficient (Wildman–Crippen LogP) is 5.01. The van der Waals surface area contributed by atoms with E-state index in [-0.39, 0.29) is 0 Å². The van der Waals surface area contributed by atoms with Crippen LogP contribution in [-0.4, -0.2) is 0 Å². The van der Waals surface area contributed by atoms with Crippen LogP contribution < -0.4 is 0 Å². The molecular weight excluding hydrogens is 300 g/mol. The third-order valence-corrected chi connectivity index (χ3v) is 5.04. The van der Waals surface area contributed by atoms with E-state index in [9.17, 15) is 0 Å². The summed E-state index contributed by atoms with van der Waals surface area (Å²) in [5.74, 6) is 0. The number of rotatable bonds is 4. The van der Waals surface area contributed by atoms with E-state index >= 15 is 0 Å². The van der Waals surface area contributed by atoms with Crippen LogP contribution in [0.25, 0.3) is 0 Å². The Morgan fingerprint density at radius 1 is 1.33 bits per heavy atom. The summed E-state index contributed by atoms with van der Waals surface area (Å²) in [5, 5.41) is 0. The molecule has 0 aliphatic rings. The van der Waals surface area contributed by atoms with Crippen LogP contribution in [0.2, 0.25) is 0 Å². The largest absolute Gasteiger partial charge is 0.132 e. The first-order valence-corrected chi connectivity index (χ1v) is 6.58. The van der Waals surface area contributed by atoms with Gasteiger partial charge in [-0.1, -0.05) is 19.8 Å². The van der Waals surface area contributed by atoms with Gasteiger partial charge in [0.15, 0.2) is 0 Å². The maximum absolute atomic E-state index is 3.50. The van der Waals surface area contributed by atoms with E-state index in [2.05, 4.69) is 44.8 Å². The second kappa shape index (κ2) is 5.40. The molecule has 0 amide bonds. The molecule has 0 unspecified atom stereocenters. The average Bonchev–Trinajstić information content (AvgIpc) is 2.32. The van der Waals surface area contributed by atoms with Gasteiger partial charge in [0.25, 0.3) is 0 Å². The summed E-state index contributed by atoms with van der Waals surface area (Å²) < 4.78 is 2.41. The van der Waals surface area contributed by atoms with E-state index < -0.39 is 0 Å². The molecule has 3 heteroatoms. The number of aryl methyl sites for hydroxylation is 1. The number of unbranched alkanes of at least 4 members (excludes halogenated alkanes) is 2. The molecule has 1 aromatic heterocycles. The Hall–Kier alpha value is 0.660. The van der Waals surface area contributed by atoms with E-state index in [4.69, 9.17) is 0 Å². The van der Waals surface area contributed by atoms with Gasteiger partial charge in [-0.05, 0) is 50.8 Å². The molecule has 0 aliphatic carbocycles. The quantitative estimate of drug-likeness (QED) is 0.686. The van der Waals surface area contributed by atoms with E-state index in [0.29, 0.717) is 0 Å². The van der Waals surface area contributed by atoms with Gasteiger partial charge in [-0.15, -0.1) is 11.3 Å². The summed E-state index contributed by atoms with van der Waals surface area (Å²) in [6.45, 7) is 2.24. The highest BCUT2D eigenvalue weighted by molar-refractivity contribution is 9.13. The molecule has 12 heavy (non-hydrogen) atoms. The molecule has 1 aromatic rings. The SMILES string of the molecule is CCCCCc1cc(Br)c(Br)s1. The van der Waals surface area contributed by atoms with Crippen molar-refractivity contribution >= 4 is 43.2 Å². The lowest BCUT2D eigenvalue weighted by atomic mass is 10.2. The Morgan fingerprint density at radius 2 is 2.08 bits per heavy atom. The predicted molar refractivity (Wildman–Crippen MR) is 62.9 cm³/mol. The third kappa shape index (κ3) is 3.19. The van der Waals surface area contributed by atoms with Gasteiger partial charge < -0.3 is 0 Å². The lowest BCUT2D eigenvalue weighted by Gasteiger charge is -1.93. The van der Waals surface area contributed by atoms with Gasteiger partial charge in [0.1, 0.15) is 0 Å². The van der Waals surface area contributed by atoms with Crippen molar-refractivity contribution in [2.45, 2.75) is 32.6 Å². The van der Waals surface area contributed by atoms with Crippen molar-refractivity contribution in [1.29, 1.82) is 0 Å². The molecule has 1 heterocycles. The molecule has 0 aromatic carbocycles. The fraction of sp³-hybridized carbons (Fsp3) is 0.556. The Labute approximate surface area is 94.6 Å². The standard InChI is InChI=1S/C9H12Br2S/c1-2-3-4-5-7-6-8(10)9(11)12-7/h6H,2-5H2,1H3. The summed E-state index contributed by atoms with van der Waals surface area (Å²) in [6, 6.07) is 2.21. The second-order valence-electron chi connectivity index (χ2n) is 2.79. The van der Waals surface area contributed by atoms with Crippen LogP contribution in [0.4, 0.5) is 0 Å². The monoisotopic (exact) mass is 310 g/mol. The van der Waals surface area contributed by atoms with Crippen molar-refractivity contribution in [3.63, 3.8) is 0 Å². The number of halogens is 2. The van der Waals surface area contributed by atoms with Crippen molar-refractivity contribution in [3.05, 3.63) is 19.2 Å². The minimum atomic E-state index is 1.19. The fourth-order valence-electron chi connectivity index (χ4n) is 1.06. The molecule has 0 saturated heterocycles. The minimum Gasteiger partial charge on any atom is -0.132 e. The highest BCUT2D eigenvalue weighted by Crippen LogP contribution is 2.33. The second-order valence-corrected chi connectivity index (χ2v) is 6.10. The summed E-state index contributed by atoms with van der Waals surface area (Å²) in [5.41, 5.74) is 0. The van der Waals surface area contributed by atoms with Gasteiger partial charge >= 0.3 is 0 Å². The first kappa shape index (κ1) is 10.7. The number of hydrogen-bond acceptors (Lipinski definition) is 1. The van der Waals surface area contributed by atoms with Crippen LogP contribution >= 0.6 is 43.2 Å². The molecule has 0 fully saturated rings. The smallest absolute Gasteiger partial charge is 0.0843 e. The van der Waals surface area contributed by atoms with Crippen molar-refractivity contribution in [2.24, 2.45) is 0 Å². The van der Waals surface area contributed by atoms with Crippen LogP contribution in [0.1, 0.15) is 31.1 Å². The Balaban J connectivity index is 2.42. The maximum atomic E-state index is 3.50. The van der Waals surface area contributed by atoms with E-state index in [1.807, 2.05) is 11.3 Å². The molecule has 0 spiro atoms. The molecule has 0 N–H and O–H groups in total. The topological polar surface area (TPSA) is 0 Å². The molecule has 68 valence electrons. The van der Waals surface area contributed by atoms with E-state index in [0.717, 1.165) is 0 Å². The van der Waals surface area contributed by atoms with Crippen molar-refractivity contribution in [3.8, 4) is 0 Å². The normalized spacial score (nSPS) is 10.6. The highest BCUT2D eigenvalue weighted by atomic mass is 79.9. The molecule has 0 aliphatic heterocycles. The van der Waals surface area contributed by atoms with Crippen LogP contribution in [0, 0.1) is 0 Å². The molecule has 0 bridgehead atoms. The van der Waals surface area contributed by atoms with E-state index in [1.165, 1.54) is 38.8 Å². The molecule has 0 nitrogen and oxygen atoms in total. The first-order valence-electron chi connectivity index (χ1n) is 4.17. The average molecular weight is 312 g/mol. The summed E-state index contributed by atoms with van der Waals surface area (Å²) in [4.78, 5) is 1.47. The van der Waals surface area contributed by atoms with Gasteiger partial charge in [0.2, 0.25) is 0 Å². The van der Waals surface area contributed by atoms with Gasteiger partial charge in [-0.2, -0.15) is 0 Å². The zero-order valence-electron chi connectivity index (χ0n) is 7.07. The summed E-state index contributed by atoms with van der Waals surface area (Å²) in [7, 11) is 0. The Morgan fingerprint density at radius 3 is 2.58 bits per heavy atom. The lowest BCUT2D eigenvalue weighted by Crippen LogP contribution is -1.78. The number of thiophene rings is 1. The summed E-state index contributed by atoms with van der Waals surface area (Å²) in [6.07, 6.45) is 5.18. The zero-order chi connectivity index (χ0) is 8.97. The van der Waals surface area contributed by atoms with Crippen molar-refractivity contribution in [2.75, 3.05) is 0 Å². The van der Waals surface area contributed by atoms with E-state index in [1.54, 1.807) is 0 Å². The van der Waals surface area contributed by atoms with Crippen molar-refractivity contribution < 1.29 is 0 Å². The summed E-state index contributed by atoms with van der Waals surface area (Å²) >= 11 is 8.82. The Bertz CT molecular complexity index is 223. The Kier molecular flexibility index (Phi) is 4.84. The molecule has 0 radical (unpaired) electrons. The zero-order valence-corrected chi connectivity index (χ0v) is 11.1. The fourth-order valence-corrected chi connectivity index (χ4v) is 3.28. The molecule has 1 rings (SSSR count). The molecule has 0 atom stereocenters. The van der Waals surface area contributed by atoms with Crippen molar-refractivity contribution in [1.82, 2.24) is 0 Å². The van der Waals surface area contributed by atoms with Crippen LogP contribution in [0.3, 0.4) is 0 Å². The van der Waals surface area contributed by atoms with Crippen LogP contribution in [0.5, 0.6) is 0 Å². The van der Waals surface area contributed by atoms with Gasteiger partial charge in [0, 0.05) is 9.35 Å². The van der Waals surface area contributed by atoms with Gasteiger partial charge in [0.05, 0.1) is 3.79 Å². The lowest BCUT2D eigenvalue weighted by molar-refractivity contribution is 0.722. The maximum Gasteiger partial charge on any atom is 0.0843 e.